The number of nitrogens with two attached hydrogens (primary N) is 1. The van der Waals surface area contributed by atoms with Crippen molar-refractivity contribution in [3.05, 3.63) is 0 Å². The largest absolute Gasteiger partial charge is 1.00 e. The van der Waals surface area contributed by atoms with E-state index in [1.165, 1.54) is 0 Å². The van der Waals surface area contributed by atoms with Crippen LogP contribution in [0.3, 0.4) is 0 Å². The van der Waals surface area contributed by atoms with Gasteiger partial charge in [-0.2, -0.15) is 0 Å². The minimum atomic E-state index is -3.20. The first-order valence-corrected chi connectivity index (χ1v) is 4.28. The van der Waals surface area contributed by atoms with Gasteiger partial charge < -0.3 is 12.1 Å². The van der Waals surface area contributed by atoms with E-state index in [9.17, 15) is 9.36 Å². The zero-order valence-corrected chi connectivity index (χ0v) is 8.39. The molecular weight excluding hydrogens is 152 g/mol. The Bertz CT molecular complexity index is 147. The zero-order valence-electron chi connectivity index (χ0n) is 6.50. The van der Waals surface area contributed by atoms with Crippen molar-refractivity contribution in [2.75, 3.05) is 12.8 Å². The summed E-state index contributed by atoms with van der Waals surface area (Å²) in [5, 5.41) is 0. The molecule has 1 amide bonds. The summed E-state index contributed by atoms with van der Waals surface area (Å²) in [6.07, 6.45) is -0.424. The molecule has 9 heavy (non-hydrogen) atoms. The fraction of sp³-hybridized carbons (Fsp3) is 0.667. The Morgan fingerprint density at radius 3 is 2.22 bits per heavy atom. The summed E-state index contributed by atoms with van der Waals surface area (Å²) < 4.78 is 10.3. The van der Waals surface area contributed by atoms with Crippen molar-refractivity contribution in [2.24, 2.45) is 5.73 Å². The molecule has 0 saturated heterocycles. The number of hydrogen-bond acceptors (Lipinski definition) is 2. The molecule has 50 valence electrons. The van der Waals surface area contributed by atoms with Crippen molar-refractivity contribution in [2.45, 2.75) is 0 Å². The SMILES string of the molecule is CP(=O)(O)CC(N)=O.[H-].[Na+]. The Labute approximate surface area is 77.0 Å². The van der Waals surface area contributed by atoms with Gasteiger partial charge in [-0.1, -0.05) is 0 Å². The van der Waals surface area contributed by atoms with Crippen molar-refractivity contribution in [1.82, 2.24) is 0 Å². The predicted octanol–water partition coefficient (Wildman–Crippen LogP) is -3.51. The summed E-state index contributed by atoms with van der Waals surface area (Å²) in [7, 11) is -3.20. The van der Waals surface area contributed by atoms with E-state index in [0.29, 0.717) is 0 Å². The number of hydrogen-bond donors (Lipinski definition) is 2. The van der Waals surface area contributed by atoms with E-state index in [1.807, 2.05) is 0 Å². The first kappa shape index (κ1) is 12.3. The molecule has 0 aromatic rings. The minimum Gasteiger partial charge on any atom is -1.00 e. The van der Waals surface area contributed by atoms with Crippen molar-refractivity contribution >= 4 is 13.3 Å². The molecule has 0 radical (unpaired) electrons. The van der Waals surface area contributed by atoms with Gasteiger partial charge in [0.1, 0.15) is 6.16 Å². The average molecular weight is 161 g/mol. The quantitative estimate of drug-likeness (QED) is 0.325. The third-order valence-corrected chi connectivity index (χ3v) is 1.35. The van der Waals surface area contributed by atoms with Crippen molar-refractivity contribution < 1.29 is 45.2 Å². The molecule has 4 nitrogen and oxygen atoms in total. The van der Waals surface area contributed by atoms with Crippen LogP contribution in [0.25, 0.3) is 0 Å². The Morgan fingerprint density at radius 2 is 2.22 bits per heavy atom. The third-order valence-electron chi connectivity index (χ3n) is 0.449. The van der Waals surface area contributed by atoms with Gasteiger partial charge >= 0.3 is 29.6 Å². The second kappa shape index (κ2) is 4.47. The monoisotopic (exact) mass is 161 g/mol. The van der Waals surface area contributed by atoms with E-state index >= 15 is 0 Å². The average Bonchev–Trinajstić information content (AvgIpc) is 1.21. The van der Waals surface area contributed by atoms with Gasteiger partial charge in [0.2, 0.25) is 13.3 Å². The van der Waals surface area contributed by atoms with Crippen LogP contribution in [-0.4, -0.2) is 23.6 Å². The number of rotatable bonds is 2. The Morgan fingerprint density at radius 1 is 1.89 bits per heavy atom. The van der Waals surface area contributed by atoms with Gasteiger partial charge in [-0.05, 0) is 0 Å². The molecular formula is C3H9NNaO3P. The van der Waals surface area contributed by atoms with Gasteiger partial charge in [0.15, 0.2) is 0 Å². The molecule has 0 fully saturated rings. The van der Waals surface area contributed by atoms with Crippen LogP contribution in [0.4, 0.5) is 0 Å². The Hall–Kier alpha value is 0.660. The fourth-order valence-electron chi connectivity index (χ4n) is 0.289. The maximum Gasteiger partial charge on any atom is 1.00 e. The van der Waals surface area contributed by atoms with E-state index in [0.717, 1.165) is 6.66 Å². The van der Waals surface area contributed by atoms with Gasteiger partial charge in [0, 0.05) is 6.66 Å². The first-order chi connectivity index (χ1) is 3.42. The smallest absolute Gasteiger partial charge is 1.00 e. The molecule has 0 aliphatic carbocycles. The van der Waals surface area contributed by atoms with Gasteiger partial charge in [-0.25, -0.2) is 0 Å². The standard InChI is InChI=1S/C3H8NO3P.Na.H/c1-8(6,7)2-3(4)5;;/h2H2,1H3,(H2,4,5)(H,6,7);;/q;+1;-1. The van der Waals surface area contributed by atoms with Crippen LogP contribution >= 0.6 is 7.37 Å². The van der Waals surface area contributed by atoms with E-state index in [4.69, 9.17) is 4.89 Å². The maximum absolute atomic E-state index is 10.3. The van der Waals surface area contributed by atoms with Crippen LogP contribution in [0, 0.1) is 0 Å². The van der Waals surface area contributed by atoms with Crippen LogP contribution in [0.2, 0.25) is 0 Å². The molecule has 0 aromatic carbocycles. The molecule has 1 unspecified atom stereocenters. The normalized spacial score (nSPS) is 15.3. The zero-order chi connectivity index (χ0) is 6.78. The van der Waals surface area contributed by atoms with E-state index < -0.39 is 19.4 Å². The van der Waals surface area contributed by atoms with Crippen LogP contribution in [-0.2, 0) is 9.36 Å². The van der Waals surface area contributed by atoms with Crippen LogP contribution < -0.4 is 35.3 Å². The summed E-state index contributed by atoms with van der Waals surface area (Å²) in [5.74, 6) is -0.738. The molecule has 0 bridgehead atoms. The number of amides is 1. The van der Waals surface area contributed by atoms with Gasteiger partial charge in [0.25, 0.3) is 0 Å². The molecule has 0 aromatic heterocycles. The van der Waals surface area contributed by atoms with Gasteiger partial charge in [-0.3, -0.25) is 9.36 Å². The summed E-state index contributed by atoms with van der Waals surface area (Å²) in [6, 6.07) is 0. The second-order valence-corrected chi connectivity index (χ2v) is 4.09. The molecule has 0 rings (SSSR count). The van der Waals surface area contributed by atoms with Crippen LogP contribution in [0.1, 0.15) is 1.43 Å². The molecule has 1 atom stereocenters. The van der Waals surface area contributed by atoms with Crippen LogP contribution in [0.5, 0.6) is 0 Å². The van der Waals surface area contributed by atoms with E-state index in [1.54, 1.807) is 0 Å². The molecule has 0 aliphatic heterocycles. The van der Waals surface area contributed by atoms with E-state index in [-0.39, 0.29) is 31.0 Å². The molecule has 0 spiro atoms. The second-order valence-electron chi connectivity index (χ2n) is 1.68. The molecule has 0 aliphatic rings. The van der Waals surface area contributed by atoms with E-state index in [2.05, 4.69) is 5.73 Å². The summed E-state index contributed by atoms with van der Waals surface area (Å²) in [4.78, 5) is 18.3. The third kappa shape index (κ3) is 12.0. The van der Waals surface area contributed by atoms with Gasteiger partial charge in [0.05, 0.1) is 0 Å². The molecule has 3 N–H and O–H groups in total. The Kier molecular flexibility index (Phi) is 6.13. The summed E-state index contributed by atoms with van der Waals surface area (Å²) >= 11 is 0. The van der Waals surface area contributed by atoms with Crippen molar-refractivity contribution in [3.8, 4) is 0 Å². The number of primary amides is 1. The molecule has 6 heteroatoms. The predicted molar refractivity (Wildman–Crippen MR) is 30.9 cm³/mol. The molecule has 0 heterocycles. The fourth-order valence-corrected chi connectivity index (χ4v) is 0.867. The van der Waals surface area contributed by atoms with Crippen LogP contribution in [0.15, 0.2) is 0 Å². The summed E-state index contributed by atoms with van der Waals surface area (Å²) in [6.45, 7) is 1.10. The van der Waals surface area contributed by atoms with Crippen molar-refractivity contribution in [3.63, 3.8) is 0 Å². The summed E-state index contributed by atoms with van der Waals surface area (Å²) in [5.41, 5.74) is 4.61. The number of carbonyl (C=O) groups is 1. The Balaban J connectivity index is -0.000000245. The number of carbonyl (C=O) groups excluding carboxylic acids is 1. The topological polar surface area (TPSA) is 80.4 Å². The minimum absolute atomic E-state index is 0. The van der Waals surface area contributed by atoms with Crippen molar-refractivity contribution in [1.29, 1.82) is 0 Å². The molecule has 0 saturated carbocycles. The maximum atomic E-state index is 10.3. The van der Waals surface area contributed by atoms with Gasteiger partial charge in [-0.15, -0.1) is 0 Å². The first-order valence-electron chi connectivity index (χ1n) is 1.99.